The van der Waals surface area contributed by atoms with E-state index in [1.165, 1.54) is 0 Å². The van der Waals surface area contributed by atoms with Crippen LogP contribution >= 0.6 is 0 Å². The molecule has 1 saturated carbocycles. The molecule has 1 aromatic carbocycles. The van der Waals surface area contributed by atoms with Gasteiger partial charge in [0.25, 0.3) is 0 Å². The fourth-order valence-corrected chi connectivity index (χ4v) is 3.25. The molecule has 0 radical (unpaired) electrons. The van der Waals surface area contributed by atoms with Crippen molar-refractivity contribution in [1.29, 1.82) is 5.26 Å². The largest absolute Gasteiger partial charge is 0.508 e. The topological polar surface area (TPSA) is 76.4 Å². The van der Waals surface area contributed by atoms with Gasteiger partial charge in [-0.1, -0.05) is 12.1 Å². The Labute approximate surface area is 124 Å². The van der Waals surface area contributed by atoms with Crippen LogP contribution in [0.25, 0.3) is 0 Å². The number of likely N-dealkylation sites (tertiary alicyclic amines) is 1. The van der Waals surface area contributed by atoms with Crippen LogP contribution in [0, 0.1) is 17.2 Å². The number of nitrogens with zero attached hydrogens (tertiary/aromatic N) is 2. The number of aromatic hydroxyl groups is 1. The zero-order valence-electron chi connectivity index (χ0n) is 12.0. The molecule has 1 heterocycles. The normalized spacial score (nSPS) is 27.8. The molecule has 1 saturated heterocycles. The predicted molar refractivity (Wildman–Crippen MR) is 77.4 cm³/mol. The molecule has 110 valence electrons. The monoisotopic (exact) mass is 285 g/mol. The van der Waals surface area contributed by atoms with Gasteiger partial charge in [-0.05, 0) is 49.9 Å². The van der Waals surface area contributed by atoms with E-state index in [2.05, 4.69) is 11.4 Å². The number of phenolic OH excluding ortho intramolecular Hbond substituents is 1. The van der Waals surface area contributed by atoms with Crippen LogP contribution in [0.4, 0.5) is 0 Å². The summed E-state index contributed by atoms with van der Waals surface area (Å²) >= 11 is 0. The predicted octanol–water partition coefficient (Wildman–Crippen LogP) is 1.04. The molecular formula is C16H19N3O2. The Balaban J connectivity index is 1.72. The molecule has 0 bridgehead atoms. The van der Waals surface area contributed by atoms with Crippen molar-refractivity contribution in [3.63, 3.8) is 0 Å². The molecule has 1 aromatic rings. The molecule has 3 rings (SSSR count). The first-order valence-corrected chi connectivity index (χ1v) is 7.31. The Morgan fingerprint density at radius 1 is 1.48 bits per heavy atom. The molecule has 0 spiro atoms. The van der Waals surface area contributed by atoms with Crippen molar-refractivity contribution >= 4 is 5.91 Å². The van der Waals surface area contributed by atoms with Crippen molar-refractivity contribution < 1.29 is 9.90 Å². The lowest BCUT2D eigenvalue weighted by molar-refractivity contribution is -0.134. The fourth-order valence-electron chi connectivity index (χ4n) is 3.25. The summed E-state index contributed by atoms with van der Waals surface area (Å²) in [5.41, 5.74) is 0.987. The first-order chi connectivity index (χ1) is 10.1. The Bertz CT molecular complexity index is 578. The van der Waals surface area contributed by atoms with Crippen molar-refractivity contribution in [2.24, 2.45) is 5.92 Å². The van der Waals surface area contributed by atoms with Crippen molar-refractivity contribution in [3.8, 4) is 11.8 Å². The van der Waals surface area contributed by atoms with Crippen molar-refractivity contribution in [1.82, 2.24) is 10.2 Å². The molecule has 5 heteroatoms. The second-order valence-electron chi connectivity index (χ2n) is 5.90. The van der Waals surface area contributed by atoms with Gasteiger partial charge in [-0.2, -0.15) is 5.26 Å². The zero-order valence-corrected chi connectivity index (χ0v) is 12.0. The van der Waals surface area contributed by atoms with Gasteiger partial charge in [-0.25, -0.2) is 0 Å². The highest BCUT2D eigenvalue weighted by molar-refractivity contribution is 5.84. The van der Waals surface area contributed by atoms with E-state index >= 15 is 0 Å². The highest BCUT2D eigenvalue weighted by Gasteiger charge is 2.54. The van der Waals surface area contributed by atoms with Crippen molar-refractivity contribution in [3.05, 3.63) is 29.8 Å². The summed E-state index contributed by atoms with van der Waals surface area (Å²) < 4.78 is 0. The minimum absolute atomic E-state index is 0.0159. The molecule has 4 atom stereocenters. The van der Waals surface area contributed by atoms with E-state index in [0.717, 1.165) is 18.4 Å². The SMILES string of the molecule is CNC(Cc1ccc(O)cc1)C(=O)N1C(C#N)CC2CC21. The van der Waals surface area contributed by atoms with Crippen molar-refractivity contribution in [2.75, 3.05) is 7.05 Å². The summed E-state index contributed by atoms with van der Waals surface area (Å²) in [5.74, 6) is 0.767. The molecule has 2 fully saturated rings. The molecule has 0 aromatic heterocycles. The number of nitrogens with one attached hydrogen (secondary N) is 1. The van der Waals surface area contributed by atoms with E-state index < -0.39 is 0 Å². The first-order valence-electron chi connectivity index (χ1n) is 7.31. The van der Waals surface area contributed by atoms with Crippen LogP contribution in [-0.4, -0.2) is 41.1 Å². The molecular weight excluding hydrogens is 266 g/mol. The van der Waals surface area contributed by atoms with Gasteiger partial charge in [0.15, 0.2) is 0 Å². The van der Waals surface area contributed by atoms with E-state index in [1.54, 1.807) is 24.1 Å². The first kappa shape index (κ1) is 13.9. The Morgan fingerprint density at radius 2 is 2.19 bits per heavy atom. The smallest absolute Gasteiger partial charge is 0.241 e. The summed E-state index contributed by atoms with van der Waals surface area (Å²) in [6.45, 7) is 0. The number of carbonyl (C=O) groups is 1. The second-order valence-corrected chi connectivity index (χ2v) is 5.90. The van der Waals surface area contributed by atoms with Gasteiger partial charge in [0.2, 0.25) is 5.91 Å². The Morgan fingerprint density at radius 3 is 2.81 bits per heavy atom. The molecule has 21 heavy (non-hydrogen) atoms. The van der Waals surface area contributed by atoms with Gasteiger partial charge < -0.3 is 15.3 Å². The maximum absolute atomic E-state index is 12.7. The quantitative estimate of drug-likeness (QED) is 0.866. The van der Waals surface area contributed by atoms with Crippen LogP contribution in [0.3, 0.4) is 0 Å². The van der Waals surface area contributed by atoms with Crippen LogP contribution in [-0.2, 0) is 11.2 Å². The number of carbonyl (C=O) groups excluding carboxylic acids is 1. The van der Waals surface area contributed by atoms with Crippen LogP contribution in [0.2, 0.25) is 0 Å². The summed E-state index contributed by atoms with van der Waals surface area (Å²) in [5, 5.41) is 21.6. The lowest BCUT2D eigenvalue weighted by Gasteiger charge is -2.27. The van der Waals surface area contributed by atoms with Crippen LogP contribution in [0.1, 0.15) is 18.4 Å². The number of amides is 1. The van der Waals surface area contributed by atoms with Crippen LogP contribution in [0.15, 0.2) is 24.3 Å². The zero-order chi connectivity index (χ0) is 15.0. The van der Waals surface area contributed by atoms with Gasteiger partial charge in [0, 0.05) is 6.04 Å². The van der Waals surface area contributed by atoms with E-state index in [0.29, 0.717) is 12.3 Å². The number of phenols is 1. The van der Waals surface area contributed by atoms with Gasteiger partial charge >= 0.3 is 0 Å². The number of piperidine rings is 1. The van der Waals surface area contributed by atoms with E-state index in [-0.39, 0.29) is 29.8 Å². The average molecular weight is 285 g/mol. The number of benzene rings is 1. The lowest BCUT2D eigenvalue weighted by atomic mass is 10.0. The highest BCUT2D eigenvalue weighted by Crippen LogP contribution is 2.47. The molecule has 2 N–H and O–H groups in total. The van der Waals surface area contributed by atoms with Gasteiger partial charge in [-0.15, -0.1) is 0 Å². The average Bonchev–Trinajstić information content (AvgIpc) is 3.16. The molecule has 1 aliphatic heterocycles. The molecule has 2 aliphatic rings. The maximum atomic E-state index is 12.7. The van der Waals surface area contributed by atoms with Gasteiger partial charge in [0.05, 0.1) is 12.1 Å². The van der Waals surface area contributed by atoms with E-state index in [4.69, 9.17) is 0 Å². The summed E-state index contributed by atoms with van der Waals surface area (Å²) in [4.78, 5) is 14.5. The lowest BCUT2D eigenvalue weighted by Crippen LogP contribution is -2.49. The molecule has 4 unspecified atom stereocenters. The minimum Gasteiger partial charge on any atom is -0.508 e. The van der Waals surface area contributed by atoms with Crippen molar-refractivity contribution in [2.45, 2.75) is 37.4 Å². The maximum Gasteiger partial charge on any atom is 0.241 e. The van der Waals surface area contributed by atoms with Gasteiger partial charge in [-0.3, -0.25) is 4.79 Å². The minimum atomic E-state index is -0.329. The third-order valence-electron chi connectivity index (χ3n) is 4.53. The molecule has 1 aliphatic carbocycles. The molecule has 5 nitrogen and oxygen atoms in total. The van der Waals surface area contributed by atoms with Gasteiger partial charge in [0.1, 0.15) is 11.8 Å². The number of hydrogen-bond acceptors (Lipinski definition) is 4. The third kappa shape index (κ3) is 2.59. The molecule has 1 amide bonds. The van der Waals surface area contributed by atoms with E-state index in [9.17, 15) is 15.2 Å². The summed E-state index contributed by atoms with van der Waals surface area (Å²) in [6, 6.07) is 8.81. The standard InChI is InChI=1S/C16H19N3O2/c1-18-14(6-10-2-4-13(20)5-3-10)16(21)19-12(9-17)7-11-8-15(11)19/h2-5,11-12,14-15,18,20H,6-8H2,1H3. The number of fused-ring (bicyclic) bond motifs is 1. The number of rotatable bonds is 4. The van der Waals surface area contributed by atoms with Crippen LogP contribution < -0.4 is 5.32 Å². The van der Waals surface area contributed by atoms with E-state index in [1.807, 2.05) is 12.1 Å². The summed E-state index contributed by atoms with van der Waals surface area (Å²) in [7, 11) is 1.77. The highest BCUT2D eigenvalue weighted by atomic mass is 16.3. The third-order valence-corrected chi connectivity index (χ3v) is 4.53. The summed E-state index contributed by atoms with van der Waals surface area (Å²) in [6.07, 6.45) is 2.42. The second kappa shape index (κ2) is 5.38. The Hall–Kier alpha value is -2.06. The number of nitriles is 1. The number of likely N-dealkylation sites (N-methyl/N-ethyl adjacent to an activating group) is 1. The van der Waals surface area contributed by atoms with Crippen LogP contribution in [0.5, 0.6) is 5.75 Å². The Kier molecular flexibility index (Phi) is 3.56. The number of hydrogen-bond donors (Lipinski definition) is 2. The fraction of sp³-hybridized carbons (Fsp3) is 0.500.